The molecule has 0 saturated carbocycles. The first kappa shape index (κ1) is 18.3. The Labute approximate surface area is 153 Å². The minimum atomic E-state index is -0.231. The molecule has 2 heterocycles. The molecule has 3 rings (SSSR count). The Hall–Kier alpha value is -2.51. The van der Waals surface area contributed by atoms with Crippen LogP contribution in [0.2, 0.25) is 0 Å². The molecular weight excluding hydrogens is 330 g/mol. The summed E-state index contributed by atoms with van der Waals surface area (Å²) >= 11 is 0. The van der Waals surface area contributed by atoms with Gasteiger partial charge in [-0.2, -0.15) is 0 Å². The first-order chi connectivity index (χ1) is 12.5. The summed E-state index contributed by atoms with van der Waals surface area (Å²) in [6.45, 7) is 6.06. The second kappa shape index (κ2) is 8.25. The van der Waals surface area contributed by atoms with Crippen LogP contribution in [0.25, 0.3) is 11.3 Å². The Bertz CT molecular complexity index is 767. The van der Waals surface area contributed by atoms with E-state index in [0.29, 0.717) is 12.4 Å². The van der Waals surface area contributed by atoms with Crippen LogP contribution in [0.3, 0.4) is 0 Å². The van der Waals surface area contributed by atoms with Gasteiger partial charge in [0.1, 0.15) is 5.82 Å². The fourth-order valence-electron chi connectivity index (χ4n) is 3.19. The third-order valence-electron chi connectivity index (χ3n) is 4.34. The van der Waals surface area contributed by atoms with Crippen molar-refractivity contribution < 1.29 is 9.53 Å². The fraction of sp³-hybridized carbons (Fsp3) is 0.421. The predicted octanol–water partition coefficient (Wildman–Crippen LogP) is 2.29. The van der Waals surface area contributed by atoms with E-state index in [2.05, 4.69) is 25.5 Å². The van der Waals surface area contributed by atoms with E-state index in [1.807, 2.05) is 51.2 Å². The van der Waals surface area contributed by atoms with Crippen LogP contribution in [0.1, 0.15) is 12.7 Å². The van der Waals surface area contributed by atoms with Crippen LogP contribution in [-0.4, -0.2) is 59.8 Å². The molecule has 1 aromatic carbocycles. The second-order valence-electron chi connectivity index (χ2n) is 6.49. The highest BCUT2D eigenvalue weighted by Crippen LogP contribution is 2.21. The summed E-state index contributed by atoms with van der Waals surface area (Å²) in [6, 6.07) is 9.22. The number of nitrogens with zero attached hydrogens (tertiary/aromatic N) is 3. The Morgan fingerprint density at radius 1 is 1.35 bits per heavy atom. The summed E-state index contributed by atoms with van der Waals surface area (Å²) in [5, 5.41) is 5.92. The van der Waals surface area contributed by atoms with Gasteiger partial charge in [0, 0.05) is 37.1 Å². The Balaban J connectivity index is 1.65. The topological polar surface area (TPSA) is 79.4 Å². The van der Waals surface area contributed by atoms with Crippen LogP contribution in [0.15, 0.2) is 36.5 Å². The smallest absolute Gasteiger partial charge is 0.319 e. The molecule has 2 atom stereocenters. The average Bonchev–Trinajstić information content (AvgIpc) is 2.94. The molecule has 0 aliphatic carbocycles. The number of carbonyl (C=O) groups is 1. The van der Waals surface area contributed by atoms with E-state index in [0.717, 1.165) is 30.0 Å². The van der Waals surface area contributed by atoms with Crippen molar-refractivity contribution >= 4 is 11.7 Å². The summed E-state index contributed by atoms with van der Waals surface area (Å²) in [7, 11) is 2.03. The first-order valence-electron chi connectivity index (χ1n) is 8.83. The Morgan fingerprint density at radius 2 is 2.19 bits per heavy atom. The molecule has 0 spiro atoms. The van der Waals surface area contributed by atoms with Gasteiger partial charge in [-0.25, -0.2) is 14.8 Å². The normalized spacial score (nSPS) is 20.1. The maximum Gasteiger partial charge on any atom is 0.319 e. The lowest BCUT2D eigenvalue weighted by Crippen LogP contribution is -2.45. The van der Waals surface area contributed by atoms with Crippen LogP contribution in [0, 0.1) is 6.92 Å². The standard InChI is InChI=1S/C19H25N5O2/c1-4-26-18-12-24(3)11-17(18)23-19(25)22-15-7-5-6-14(10-15)16-8-9-20-13(2)21-16/h5-10,17-18H,4,11-12H2,1-3H3,(H2,22,23,25)/t17-,18-/m0/s1. The van der Waals surface area contributed by atoms with Gasteiger partial charge in [-0.15, -0.1) is 0 Å². The van der Waals surface area contributed by atoms with Crippen LogP contribution in [0.4, 0.5) is 10.5 Å². The maximum absolute atomic E-state index is 12.4. The largest absolute Gasteiger partial charge is 0.375 e. The molecule has 138 valence electrons. The lowest BCUT2D eigenvalue weighted by molar-refractivity contribution is 0.0568. The molecule has 7 nitrogen and oxygen atoms in total. The molecular formula is C19H25N5O2. The number of aromatic nitrogens is 2. The van der Waals surface area contributed by atoms with Gasteiger partial charge in [-0.3, -0.25) is 0 Å². The molecule has 1 fully saturated rings. The van der Waals surface area contributed by atoms with E-state index in [-0.39, 0.29) is 18.2 Å². The van der Waals surface area contributed by atoms with Crippen LogP contribution in [-0.2, 0) is 4.74 Å². The SMILES string of the molecule is CCO[C@H]1CN(C)C[C@@H]1NC(=O)Nc1cccc(-c2ccnc(C)n2)c1. The van der Waals surface area contributed by atoms with Gasteiger partial charge >= 0.3 is 6.03 Å². The van der Waals surface area contributed by atoms with E-state index in [9.17, 15) is 4.79 Å². The minimum absolute atomic E-state index is 0.0195. The van der Waals surface area contributed by atoms with E-state index < -0.39 is 0 Å². The van der Waals surface area contributed by atoms with Gasteiger partial charge in [0.25, 0.3) is 0 Å². The predicted molar refractivity (Wildman–Crippen MR) is 101 cm³/mol. The van der Waals surface area contributed by atoms with Gasteiger partial charge in [-0.1, -0.05) is 12.1 Å². The van der Waals surface area contributed by atoms with E-state index >= 15 is 0 Å². The van der Waals surface area contributed by atoms with Crippen molar-refractivity contribution in [1.82, 2.24) is 20.2 Å². The van der Waals surface area contributed by atoms with Crippen molar-refractivity contribution in [1.29, 1.82) is 0 Å². The molecule has 0 unspecified atom stereocenters. The lowest BCUT2D eigenvalue weighted by atomic mass is 10.1. The zero-order valence-electron chi connectivity index (χ0n) is 15.4. The van der Waals surface area contributed by atoms with Crippen molar-refractivity contribution in [2.75, 3.05) is 32.1 Å². The van der Waals surface area contributed by atoms with Crippen LogP contribution >= 0.6 is 0 Å². The van der Waals surface area contributed by atoms with Crippen molar-refractivity contribution in [3.63, 3.8) is 0 Å². The minimum Gasteiger partial charge on any atom is -0.375 e. The van der Waals surface area contributed by atoms with Gasteiger partial charge in [-0.05, 0) is 39.1 Å². The third-order valence-corrected chi connectivity index (χ3v) is 4.34. The average molecular weight is 355 g/mol. The molecule has 1 aliphatic rings. The summed E-state index contributed by atoms with van der Waals surface area (Å²) < 4.78 is 5.73. The number of ether oxygens (including phenoxy) is 1. The van der Waals surface area contributed by atoms with Crippen molar-refractivity contribution in [2.45, 2.75) is 26.0 Å². The zero-order chi connectivity index (χ0) is 18.5. The second-order valence-corrected chi connectivity index (χ2v) is 6.49. The summed E-state index contributed by atoms with van der Waals surface area (Å²) in [4.78, 5) is 23.1. The summed E-state index contributed by atoms with van der Waals surface area (Å²) in [6.07, 6.45) is 1.75. The number of amides is 2. The van der Waals surface area contributed by atoms with E-state index in [1.54, 1.807) is 6.20 Å². The van der Waals surface area contributed by atoms with E-state index in [1.165, 1.54) is 0 Å². The maximum atomic E-state index is 12.4. The highest BCUT2D eigenvalue weighted by atomic mass is 16.5. The summed E-state index contributed by atoms with van der Waals surface area (Å²) in [5.74, 6) is 0.714. The van der Waals surface area contributed by atoms with Crippen molar-refractivity contribution in [2.24, 2.45) is 0 Å². The number of rotatable bonds is 5. The Kier molecular flexibility index (Phi) is 5.80. The molecule has 26 heavy (non-hydrogen) atoms. The van der Waals surface area contributed by atoms with Crippen molar-refractivity contribution in [3.8, 4) is 11.3 Å². The van der Waals surface area contributed by atoms with Gasteiger partial charge < -0.3 is 20.3 Å². The molecule has 2 aromatic rings. The van der Waals surface area contributed by atoms with E-state index in [4.69, 9.17) is 4.74 Å². The molecule has 7 heteroatoms. The number of carbonyl (C=O) groups excluding carboxylic acids is 1. The van der Waals surface area contributed by atoms with Crippen molar-refractivity contribution in [3.05, 3.63) is 42.4 Å². The highest BCUT2D eigenvalue weighted by Gasteiger charge is 2.32. The number of anilines is 1. The number of benzene rings is 1. The quantitative estimate of drug-likeness (QED) is 0.860. The lowest BCUT2D eigenvalue weighted by Gasteiger charge is -2.20. The van der Waals surface area contributed by atoms with Crippen LogP contribution in [0.5, 0.6) is 0 Å². The van der Waals surface area contributed by atoms with Gasteiger partial charge in [0.2, 0.25) is 0 Å². The van der Waals surface area contributed by atoms with Gasteiger partial charge in [0.15, 0.2) is 0 Å². The van der Waals surface area contributed by atoms with Crippen LogP contribution < -0.4 is 10.6 Å². The number of likely N-dealkylation sites (N-methyl/N-ethyl adjacent to an activating group) is 1. The number of aryl methyl sites for hydroxylation is 1. The monoisotopic (exact) mass is 355 g/mol. The molecule has 1 saturated heterocycles. The molecule has 2 N–H and O–H groups in total. The number of likely N-dealkylation sites (tertiary alicyclic amines) is 1. The molecule has 1 aromatic heterocycles. The number of urea groups is 1. The number of nitrogens with one attached hydrogen (secondary N) is 2. The highest BCUT2D eigenvalue weighted by molar-refractivity contribution is 5.90. The fourth-order valence-corrected chi connectivity index (χ4v) is 3.19. The Morgan fingerprint density at radius 3 is 2.96 bits per heavy atom. The molecule has 0 radical (unpaired) electrons. The first-order valence-corrected chi connectivity index (χ1v) is 8.83. The number of hydrogen-bond acceptors (Lipinski definition) is 5. The summed E-state index contributed by atoms with van der Waals surface area (Å²) in [5.41, 5.74) is 2.48. The molecule has 2 amide bonds. The molecule has 0 bridgehead atoms. The third kappa shape index (κ3) is 4.56. The zero-order valence-corrected chi connectivity index (χ0v) is 15.4. The van der Waals surface area contributed by atoms with Gasteiger partial charge in [0.05, 0.1) is 17.8 Å². The molecule has 1 aliphatic heterocycles. The number of hydrogen-bond donors (Lipinski definition) is 2.